The second-order valence-electron chi connectivity index (χ2n) is 5.10. The van der Waals surface area contributed by atoms with E-state index in [2.05, 4.69) is 24.1 Å². The van der Waals surface area contributed by atoms with Crippen LogP contribution in [0.5, 0.6) is 0 Å². The van der Waals surface area contributed by atoms with E-state index in [4.69, 9.17) is 0 Å². The van der Waals surface area contributed by atoms with Crippen molar-refractivity contribution < 1.29 is 4.79 Å². The topological polar surface area (TPSA) is 45.2 Å². The summed E-state index contributed by atoms with van der Waals surface area (Å²) >= 11 is 1.58. The predicted octanol–water partition coefficient (Wildman–Crippen LogP) is 2.09. The molecule has 1 saturated heterocycles. The summed E-state index contributed by atoms with van der Waals surface area (Å²) in [4.78, 5) is 18.7. The van der Waals surface area contributed by atoms with Crippen LogP contribution in [-0.4, -0.2) is 42.0 Å². The van der Waals surface area contributed by atoms with E-state index in [-0.39, 0.29) is 5.91 Å². The number of carbonyl (C=O) groups is 1. The van der Waals surface area contributed by atoms with Gasteiger partial charge in [-0.05, 0) is 19.9 Å². The van der Waals surface area contributed by atoms with Crippen molar-refractivity contribution in [3.8, 4) is 0 Å². The lowest BCUT2D eigenvalue weighted by molar-refractivity contribution is 0.0693. The highest BCUT2D eigenvalue weighted by Gasteiger charge is 2.25. The number of amides is 1. The minimum Gasteiger partial charge on any atom is -0.336 e. The Labute approximate surface area is 112 Å². The van der Waals surface area contributed by atoms with Gasteiger partial charge >= 0.3 is 0 Å². The Morgan fingerprint density at radius 3 is 3.00 bits per heavy atom. The molecule has 1 N–H and O–H groups in total. The molecule has 0 aromatic carbocycles. The summed E-state index contributed by atoms with van der Waals surface area (Å²) in [6.07, 6.45) is 2.22. The number of thiazole rings is 1. The Hall–Kier alpha value is -0.940. The van der Waals surface area contributed by atoms with Gasteiger partial charge in [0, 0.05) is 30.4 Å². The third-order valence-corrected chi connectivity index (χ3v) is 4.50. The van der Waals surface area contributed by atoms with E-state index >= 15 is 0 Å². The number of likely N-dealkylation sites (tertiary alicyclic amines) is 1. The summed E-state index contributed by atoms with van der Waals surface area (Å²) in [6.45, 7) is 5.85. The standard InChI is InChI=1S/C13H21N3OS/c1-9(2)12-15-11(8-18-12)13(17)16-6-4-5-10(7-16)14-3/h8-10,14H,4-7H2,1-3H3. The molecule has 4 nitrogen and oxygen atoms in total. The normalized spacial score (nSPS) is 20.4. The van der Waals surface area contributed by atoms with Gasteiger partial charge in [0.15, 0.2) is 0 Å². The number of aromatic nitrogens is 1. The lowest BCUT2D eigenvalue weighted by atomic mass is 10.1. The van der Waals surface area contributed by atoms with Crippen molar-refractivity contribution in [3.63, 3.8) is 0 Å². The second-order valence-corrected chi connectivity index (χ2v) is 5.99. The summed E-state index contributed by atoms with van der Waals surface area (Å²) in [5.41, 5.74) is 0.612. The lowest BCUT2D eigenvalue weighted by Crippen LogP contribution is -2.47. The molecule has 18 heavy (non-hydrogen) atoms. The van der Waals surface area contributed by atoms with E-state index in [9.17, 15) is 4.79 Å². The number of likely N-dealkylation sites (N-methyl/N-ethyl adjacent to an activating group) is 1. The summed E-state index contributed by atoms with van der Waals surface area (Å²) < 4.78 is 0. The molecule has 1 amide bonds. The molecule has 0 saturated carbocycles. The number of rotatable bonds is 3. The highest BCUT2D eigenvalue weighted by atomic mass is 32.1. The van der Waals surface area contributed by atoms with Gasteiger partial charge < -0.3 is 10.2 Å². The van der Waals surface area contributed by atoms with Crippen LogP contribution >= 0.6 is 11.3 Å². The van der Waals surface area contributed by atoms with Gasteiger partial charge in [-0.15, -0.1) is 11.3 Å². The van der Waals surface area contributed by atoms with Gasteiger partial charge in [-0.1, -0.05) is 13.8 Å². The van der Waals surface area contributed by atoms with Gasteiger partial charge in [-0.25, -0.2) is 4.98 Å². The molecular formula is C13H21N3OS. The molecule has 1 unspecified atom stereocenters. The van der Waals surface area contributed by atoms with Gasteiger partial charge in [0.05, 0.1) is 5.01 Å². The van der Waals surface area contributed by atoms with Crippen LogP contribution in [-0.2, 0) is 0 Å². The van der Waals surface area contributed by atoms with Crippen LogP contribution < -0.4 is 5.32 Å². The largest absolute Gasteiger partial charge is 0.336 e. The number of hydrogen-bond donors (Lipinski definition) is 1. The Kier molecular flexibility index (Phi) is 4.35. The zero-order valence-corrected chi connectivity index (χ0v) is 12.1. The van der Waals surface area contributed by atoms with Gasteiger partial charge in [0.1, 0.15) is 5.69 Å². The Morgan fingerprint density at radius 2 is 2.39 bits per heavy atom. The summed E-state index contributed by atoms with van der Waals surface area (Å²) in [6, 6.07) is 0.422. The SMILES string of the molecule is CNC1CCCN(C(=O)c2csc(C(C)C)n2)C1. The van der Waals surface area contributed by atoms with E-state index < -0.39 is 0 Å². The fraction of sp³-hybridized carbons (Fsp3) is 0.692. The maximum atomic E-state index is 12.3. The Morgan fingerprint density at radius 1 is 1.61 bits per heavy atom. The highest BCUT2D eigenvalue weighted by Crippen LogP contribution is 2.21. The Bertz CT molecular complexity index is 416. The molecule has 1 aromatic heterocycles. The van der Waals surface area contributed by atoms with Crippen molar-refractivity contribution in [2.24, 2.45) is 0 Å². The van der Waals surface area contributed by atoms with Gasteiger partial charge in [-0.2, -0.15) is 0 Å². The van der Waals surface area contributed by atoms with Crippen LogP contribution in [0.15, 0.2) is 5.38 Å². The fourth-order valence-corrected chi connectivity index (χ4v) is 3.02. The average molecular weight is 267 g/mol. The predicted molar refractivity (Wildman–Crippen MR) is 74.2 cm³/mol. The van der Waals surface area contributed by atoms with Crippen molar-refractivity contribution in [2.75, 3.05) is 20.1 Å². The van der Waals surface area contributed by atoms with Crippen LogP contribution in [0.3, 0.4) is 0 Å². The number of hydrogen-bond acceptors (Lipinski definition) is 4. The molecule has 0 spiro atoms. The second kappa shape index (κ2) is 5.80. The van der Waals surface area contributed by atoms with Crippen LogP contribution in [0.25, 0.3) is 0 Å². The van der Waals surface area contributed by atoms with Crippen molar-refractivity contribution in [1.82, 2.24) is 15.2 Å². The summed E-state index contributed by atoms with van der Waals surface area (Å²) in [5.74, 6) is 0.473. The maximum Gasteiger partial charge on any atom is 0.273 e. The monoisotopic (exact) mass is 267 g/mol. The van der Waals surface area contributed by atoms with Crippen molar-refractivity contribution in [3.05, 3.63) is 16.1 Å². The number of piperidine rings is 1. The molecule has 1 fully saturated rings. The first-order chi connectivity index (χ1) is 8.61. The minimum absolute atomic E-state index is 0.0816. The van der Waals surface area contributed by atoms with E-state index in [1.807, 2.05) is 17.3 Å². The van der Waals surface area contributed by atoms with Crippen molar-refractivity contribution in [2.45, 2.75) is 38.6 Å². The molecule has 2 rings (SSSR count). The zero-order chi connectivity index (χ0) is 13.1. The molecule has 1 atom stereocenters. The number of nitrogens with one attached hydrogen (secondary N) is 1. The molecule has 100 valence electrons. The molecule has 5 heteroatoms. The average Bonchev–Trinajstić information content (AvgIpc) is 2.87. The third kappa shape index (κ3) is 2.90. The van der Waals surface area contributed by atoms with Gasteiger partial charge in [0.2, 0.25) is 0 Å². The maximum absolute atomic E-state index is 12.3. The van der Waals surface area contributed by atoms with Crippen LogP contribution in [0.4, 0.5) is 0 Å². The van der Waals surface area contributed by atoms with Gasteiger partial charge in [0.25, 0.3) is 5.91 Å². The first kappa shape index (κ1) is 13.5. The van der Waals surface area contributed by atoms with Crippen LogP contribution in [0.1, 0.15) is 48.1 Å². The summed E-state index contributed by atoms with van der Waals surface area (Å²) in [7, 11) is 1.96. The lowest BCUT2D eigenvalue weighted by Gasteiger charge is -2.32. The first-order valence-corrected chi connectivity index (χ1v) is 7.41. The molecule has 2 heterocycles. The quantitative estimate of drug-likeness (QED) is 0.912. The zero-order valence-electron chi connectivity index (χ0n) is 11.3. The number of carbonyl (C=O) groups excluding carboxylic acids is 1. The van der Waals surface area contributed by atoms with Crippen LogP contribution in [0.2, 0.25) is 0 Å². The van der Waals surface area contributed by atoms with E-state index in [0.717, 1.165) is 30.9 Å². The van der Waals surface area contributed by atoms with Gasteiger partial charge in [-0.3, -0.25) is 4.79 Å². The molecule has 0 bridgehead atoms. The fourth-order valence-electron chi connectivity index (χ4n) is 2.21. The van der Waals surface area contributed by atoms with Crippen molar-refractivity contribution in [1.29, 1.82) is 0 Å². The molecule has 1 aromatic rings. The minimum atomic E-state index is 0.0816. The van der Waals surface area contributed by atoms with E-state index in [0.29, 0.717) is 17.7 Å². The van der Waals surface area contributed by atoms with Crippen LogP contribution in [0, 0.1) is 0 Å². The number of nitrogens with zero attached hydrogens (tertiary/aromatic N) is 2. The summed E-state index contributed by atoms with van der Waals surface area (Å²) in [5, 5.41) is 6.18. The van der Waals surface area contributed by atoms with E-state index in [1.165, 1.54) is 0 Å². The molecule has 1 aliphatic heterocycles. The highest BCUT2D eigenvalue weighted by molar-refractivity contribution is 7.09. The molecule has 1 aliphatic rings. The first-order valence-electron chi connectivity index (χ1n) is 6.53. The Balaban J connectivity index is 2.05. The van der Waals surface area contributed by atoms with E-state index in [1.54, 1.807) is 11.3 Å². The molecular weight excluding hydrogens is 246 g/mol. The smallest absolute Gasteiger partial charge is 0.273 e. The molecule has 0 aliphatic carbocycles. The van der Waals surface area contributed by atoms with Crippen molar-refractivity contribution >= 4 is 17.2 Å². The third-order valence-electron chi connectivity index (χ3n) is 3.35. The molecule has 0 radical (unpaired) electrons.